The summed E-state index contributed by atoms with van der Waals surface area (Å²) in [5.41, 5.74) is 0.128. The van der Waals surface area contributed by atoms with Crippen LogP contribution in [0, 0.1) is 0 Å². The van der Waals surface area contributed by atoms with Crippen molar-refractivity contribution in [2.45, 2.75) is 6.18 Å². The van der Waals surface area contributed by atoms with E-state index in [0.29, 0.717) is 11.5 Å². The summed E-state index contributed by atoms with van der Waals surface area (Å²) >= 11 is 5.90. The van der Waals surface area contributed by atoms with Gasteiger partial charge in [-0.05, 0) is 35.7 Å². The van der Waals surface area contributed by atoms with Crippen molar-refractivity contribution in [1.82, 2.24) is 14.8 Å². The average Bonchev–Trinajstić information content (AvgIpc) is 3.05. The summed E-state index contributed by atoms with van der Waals surface area (Å²) in [6, 6.07) is 17.3. The van der Waals surface area contributed by atoms with Crippen LogP contribution in [0.1, 0.15) is 5.69 Å². The van der Waals surface area contributed by atoms with Crippen LogP contribution in [0.25, 0.3) is 16.5 Å². The molecule has 2 aromatic carbocycles. The molecule has 4 aromatic rings. The van der Waals surface area contributed by atoms with Crippen LogP contribution in [0.4, 0.5) is 24.7 Å². The Morgan fingerprint density at radius 3 is 2.41 bits per heavy atom. The summed E-state index contributed by atoms with van der Waals surface area (Å²) in [4.78, 5) is 4.35. The summed E-state index contributed by atoms with van der Waals surface area (Å²) in [7, 11) is 0. The molecule has 8 heteroatoms. The number of benzene rings is 2. The quantitative estimate of drug-likeness (QED) is 0.479. The Hall–Kier alpha value is -3.06. The molecule has 0 unspecified atom stereocenters. The van der Waals surface area contributed by atoms with Gasteiger partial charge in [-0.25, -0.2) is 9.67 Å². The highest BCUT2D eigenvalue weighted by atomic mass is 35.5. The molecule has 0 aliphatic carbocycles. The Bertz CT molecular complexity index is 1100. The van der Waals surface area contributed by atoms with Gasteiger partial charge in [-0.2, -0.15) is 18.3 Å². The fourth-order valence-corrected chi connectivity index (χ4v) is 2.96. The fraction of sp³-hybridized carbons (Fsp3) is 0.0526. The van der Waals surface area contributed by atoms with Crippen LogP contribution >= 0.6 is 11.6 Å². The van der Waals surface area contributed by atoms with Crippen LogP contribution in [-0.4, -0.2) is 14.8 Å². The van der Waals surface area contributed by atoms with E-state index in [9.17, 15) is 13.2 Å². The largest absolute Gasteiger partial charge is 0.435 e. The Balaban J connectivity index is 1.62. The third kappa shape index (κ3) is 3.46. The van der Waals surface area contributed by atoms with E-state index in [4.69, 9.17) is 11.6 Å². The molecule has 2 heterocycles. The normalized spacial score (nSPS) is 11.7. The molecule has 136 valence electrons. The Kier molecular flexibility index (Phi) is 4.24. The lowest BCUT2D eigenvalue weighted by molar-refractivity contribution is -0.141. The predicted molar refractivity (Wildman–Crippen MR) is 98.6 cm³/mol. The van der Waals surface area contributed by atoms with Gasteiger partial charge in [-0.15, -0.1) is 0 Å². The third-order valence-electron chi connectivity index (χ3n) is 4.00. The number of alkyl halides is 3. The molecule has 0 amide bonds. The molecule has 0 aliphatic heterocycles. The van der Waals surface area contributed by atoms with E-state index in [1.807, 2.05) is 30.3 Å². The second kappa shape index (κ2) is 6.59. The zero-order chi connectivity index (χ0) is 19.0. The van der Waals surface area contributed by atoms with Gasteiger partial charge < -0.3 is 5.32 Å². The molecular weight excluding hydrogens is 377 g/mol. The van der Waals surface area contributed by atoms with Crippen molar-refractivity contribution in [2.75, 3.05) is 5.32 Å². The van der Waals surface area contributed by atoms with E-state index >= 15 is 0 Å². The van der Waals surface area contributed by atoms with Gasteiger partial charge in [0, 0.05) is 23.3 Å². The highest BCUT2D eigenvalue weighted by Crippen LogP contribution is 2.31. The number of halogens is 4. The van der Waals surface area contributed by atoms with Gasteiger partial charge in [0.05, 0.1) is 5.69 Å². The number of hydrogen-bond donors (Lipinski definition) is 1. The van der Waals surface area contributed by atoms with Gasteiger partial charge in [0.25, 0.3) is 0 Å². The second-order valence-electron chi connectivity index (χ2n) is 5.81. The van der Waals surface area contributed by atoms with Crippen LogP contribution in [0.3, 0.4) is 0 Å². The van der Waals surface area contributed by atoms with Gasteiger partial charge in [-0.1, -0.05) is 35.9 Å². The van der Waals surface area contributed by atoms with Crippen LogP contribution in [0.15, 0.2) is 66.9 Å². The first-order chi connectivity index (χ1) is 12.9. The van der Waals surface area contributed by atoms with E-state index in [1.165, 1.54) is 0 Å². The molecule has 0 saturated carbocycles. The fourth-order valence-electron chi connectivity index (χ4n) is 2.72. The number of nitrogens with one attached hydrogen (secondary N) is 1. The SMILES string of the molecule is FC(F)(F)c1cc(Cl)n(-c2ccc(Nc3nccc4ccccc34)cc2)n1. The number of fused-ring (bicyclic) bond motifs is 1. The van der Waals surface area contributed by atoms with Gasteiger partial charge in [0.15, 0.2) is 5.69 Å². The van der Waals surface area contributed by atoms with Crippen LogP contribution in [0.5, 0.6) is 0 Å². The maximum Gasteiger partial charge on any atom is 0.435 e. The predicted octanol–water partition coefficient (Wildman–Crippen LogP) is 5.84. The molecule has 0 fully saturated rings. The zero-order valence-corrected chi connectivity index (χ0v) is 14.5. The minimum Gasteiger partial charge on any atom is -0.340 e. The Labute approximate surface area is 157 Å². The molecule has 4 rings (SSSR count). The topological polar surface area (TPSA) is 42.7 Å². The second-order valence-corrected chi connectivity index (χ2v) is 6.20. The Morgan fingerprint density at radius 2 is 1.70 bits per heavy atom. The first-order valence-corrected chi connectivity index (χ1v) is 8.33. The molecule has 0 atom stereocenters. The molecule has 2 aromatic heterocycles. The van der Waals surface area contributed by atoms with Crippen molar-refractivity contribution in [1.29, 1.82) is 0 Å². The minimum atomic E-state index is -4.55. The van der Waals surface area contributed by atoms with Gasteiger partial charge in [-0.3, -0.25) is 0 Å². The molecule has 0 bridgehead atoms. The van der Waals surface area contributed by atoms with Crippen molar-refractivity contribution in [2.24, 2.45) is 0 Å². The highest BCUT2D eigenvalue weighted by molar-refractivity contribution is 6.29. The van der Waals surface area contributed by atoms with Gasteiger partial charge >= 0.3 is 6.18 Å². The van der Waals surface area contributed by atoms with Crippen molar-refractivity contribution in [3.63, 3.8) is 0 Å². The Morgan fingerprint density at radius 1 is 0.963 bits per heavy atom. The molecule has 0 spiro atoms. The van der Waals surface area contributed by atoms with Crippen molar-refractivity contribution < 1.29 is 13.2 Å². The van der Waals surface area contributed by atoms with Crippen molar-refractivity contribution >= 4 is 33.9 Å². The smallest absolute Gasteiger partial charge is 0.340 e. The lowest BCUT2D eigenvalue weighted by Crippen LogP contribution is -2.07. The van der Waals surface area contributed by atoms with Gasteiger partial charge in [0.1, 0.15) is 11.0 Å². The number of nitrogens with zero attached hydrogens (tertiary/aromatic N) is 3. The first-order valence-electron chi connectivity index (χ1n) is 7.96. The summed E-state index contributed by atoms with van der Waals surface area (Å²) < 4.78 is 39.4. The maximum atomic E-state index is 12.8. The van der Waals surface area contributed by atoms with E-state index < -0.39 is 11.9 Å². The number of aromatic nitrogens is 3. The molecule has 0 saturated heterocycles. The average molecular weight is 389 g/mol. The number of hydrogen-bond acceptors (Lipinski definition) is 3. The molecule has 27 heavy (non-hydrogen) atoms. The van der Waals surface area contributed by atoms with Gasteiger partial charge in [0.2, 0.25) is 0 Å². The van der Waals surface area contributed by atoms with Crippen molar-refractivity contribution in [3.8, 4) is 5.69 Å². The third-order valence-corrected chi connectivity index (χ3v) is 4.27. The number of rotatable bonds is 3. The maximum absolute atomic E-state index is 12.8. The summed E-state index contributed by atoms with van der Waals surface area (Å²) in [5, 5.41) is 8.65. The van der Waals surface area contributed by atoms with E-state index in [0.717, 1.165) is 27.2 Å². The molecule has 0 radical (unpaired) electrons. The molecule has 1 N–H and O–H groups in total. The number of anilines is 2. The summed E-state index contributed by atoms with van der Waals surface area (Å²) in [5.74, 6) is 0.692. The lowest BCUT2D eigenvalue weighted by Gasteiger charge is -2.10. The van der Waals surface area contributed by atoms with Crippen molar-refractivity contribution in [3.05, 3.63) is 77.7 Å². The number of pyridine rings is 1. The molecular formula is C19H12ClF3N4. The highest BCUT2D eigenvalue weighted by Gasteiger charge is 2.34. The monoisotopic (exact) mass is 388 g/mol. The minimum absolute atomic E-state index is 0.112. The first kappa shape index (κ1) is 17.4. The van der Waals surface area contributed by atoms with E-state index in [2.05, 4.69) is 15.4 Å². The van der Waals surface area contributed by atoms with E-state index in [-0.39, 0.29) is 5.15 Å². The summed E-state index contributed by atoms with van der Waals surface area (Å²) in [6.07, 6.45) is -2.84. The molecule has 4 nitrogen and oxygen atoms in total. The van der Waals surface area contributed by atoms with E-state index in [1.54, 1.807) is 30.5 Å². The zero-order valence-electron chi connectivity index (χ0n) is 13.7. The van der Waals surface area contributed by atoms with Crippen LogP contribution < -0.4 is 5.32 Å². The standard InChI is InChI=1S/C19H12ClF3N4/c20-17-11-16(19(21,22)23)26-27(17)14-7-5-13(6-8-14)25-18-15-4-2-1-3-12(15)9-10-24-18/h1-11H,(H,24,25). The lowest BCUT2D eigenvalue weighted by atomic mass is 10.1. The van der Waals surface area contributed by atoms with Crippen LogP contribution in [0.2, 0.25) is 5.15 Å². The summed E-state index contributed by atoms with van der Waals surface area (Å²) in [6.45, 7) is 0. The molecule has 0 aliphatic rings. The van der Waals surface area contributed by atoms with Crippen LogP contribution in [-0.2, 0) is 6.18 Å².